The molecule has 2 saturated carbocycles. The van der Waals surface area contributed by atoms with E-state index in [1.165, 1.54) is 0 Å². The van der Waals surface area contributed by atoms with E-state index in [2.05, 4.69) is 27.7 Å². The van der Waals surface area contributed by atoms with E-state index in [1.807, 2.05) is 0 Å². The van der Waals surface area contributed by atoms with Crippen molar-refractivity contribution in [2.75, 3.05) is 6.61 Å². The first-order valence-electron chi connectivity index (χ1n) is 9.88. The molecule has 0 aromatic heterocycles. The van der Waals surface area contributed by atoms with Crippen LogP contribution in [-0.4, -0.2) is 42.6 Å². The van der Waals surface area contributed by atoms with Gasteiger partial charge < -0.3 is 18.9 Å². The summed E-state index contributed by atoms with van der Waals surface area (Å²) in [5, 5.41) is 0. The van der Waals surface area contributed by atoms with Crippen molar-refractivity contribution in [1.29, 1.82) is 0 Å². The smallest absolute Gasteiger partial charge is 0.340 e. The van der Waals surface area contributed by atoms with Gasteiger partial charge in [-0.15, -0.1) is 0 Å². The van der Waals surface area contributed by atoms with Gasteiger partial charge in [0.05, 0.1) is 23.4 Å². The van der Waals surface area contributed by atoms with Crippen LogP contribution in [0.4, 0.5) is 0 Å². The lowest BCUT2D eigenvalue weighted by atomic mass is 9.53. The maximum atomic E-state index is 13.3. The molecule has 9 atom stereocenters. The lowest BCUT2D eigenvalue weighted by Crippen LogP contribution is -2.55. The molecule has 142 valence electrons. The molecule has 0 N–H and O–H groups in total. The van der Waals surface area contributed by atoms with Crippen LogP contribution in [0.2, 0.25) is 0 Å². The first kappa shape index (κ1) is 15.9. The molecule has 6 fully saturated rings. The van der Waals surface area contributed by atoms with Gasteiger partial charge in [0.15, 0.2) is 5.60 Å². The molecule has 0 bridgehead atoms. The maximum absolute atomic E-state index is 13.3. The number of carbonyl (C=O) groups is 2. The molecule has 0 aromatic rings. The van der Waals surface area contributed by atoms with Crippen molar-refractivity contribution in [1.82, 2.24) is 0 Å². The molecule has 2 spiro atoms. The predicted molar refractivity (Wildman–Crippen MR) is 87.6 cm³/mol. The lowest BCUT2D eigenvalue weighted by Gasteiger charge is -2.44. The van der Waals surface area contributed by atoms with Crippen LogP contribution >= 0.6 is 0 Å². The molecule has 4 aliphatic heterocycles. The van der Waals surface area contributed by atoms with Crippen LogP contribution < -0.4 is 0 Å². The highest BCUT2D eigenvalue weighted by Gasteiger charge is 2.95. The van der Waals surface area contributed by atoms with Crippen molar-refractivity contribution >= 4 is 11.9 Å². The molecule has 2 aliphatic carbocycles. The quantitative estimate of drug-likeness (QED) is 0.614. The summed E-state index contributed by atoms with van der Waals surface area (Å²) in [4.78, 5) is 25.7. The van der Waals surface area contributed by atoms with E-state index in [-0.39, 0.29) is 47.3 Å². The number of hydrogen-bond acceptors (Lipinski definition) is 6. The first-order valence-corrected chi connectivity index (χ1v) is 9.88. The van der Waals surface area contributed by atoms with Gasteiger partial charge in [0, 0.05) is 12.5 Å². The van der Waals surface area contributed by atoms with E-state index in [1.54, 1.807) is 0 Å². The number of esters is 2. The first-order chi connectivity index (χ1) is 12.2. The Hall–Kier alpha value is -1.14. The summed E-state index contributed by atoms with van der Waals surface area (Å²) < 4.78 is 24.4. The number of rotatable bonds is 0. The predicted octanol–water partition coefficient (Wildman–Crippen LogP) is 2.05. The Kier molecular flexibility index (Phi) is 2.53. The summed E-state index contributed by atoms with van der Waals surface area (Å²) in [6, 6.07) is 0. The summed E-state index contributed by atoms with van der Waals surface area (Å²) in [6.45, 7) is 9.40. The fourth-order valence-electron chi connectivity index (χ4n) is 8.19. The van der Waals surface area contributed by atoms with Gasteiger partial charge in [-0.2, -0.15) is 0 Å². The molecule has 4 heterocycles. The average Bonchev–Trinajstić information content (AvgIpc) is 3.25. The van der Waals surface area contributed by atoms with Crippen molar-refractivity contribution in [3.8, 4) is 0 Å². The lowest BCUT2D eigenvalue weighted by molar-refractivity contribution is -0.206. The molecule has 6 heteroatoms. The Bertz CT molecular complexity index is 741. The molecule has 0 amide bonds. The zero-order valence-electron chi connectivity index (χ0n) is 15.7. The van der Waals surface area contributed by atoms with Crippen LogP contribution in [0.3, 0.4) is 0 Å². The third-order valence-corrected chi connectivity index (χ3v) is 8.68. The summed E-state index contributed by atoms with van der Waals surface area (Å²) in [5.74, 6) is -0.0471. The van der Waals surface area contributed by atoms with Crippen LogP contribution in [0.15, 0.2) is 0 Å². The van der Waals surface area contributed by atoms with E-state index in [9.17, 15) is 9.59 Å². The topological polar surface area (TPSA) is 71.1 Å². The number of hydrogen-bond donors (Lipinski definition) is 0. The van der Waals surface area contributed by atoms with Crippen LogP contribution in [-0.2, 0) is 28.5 Å². The highest BCUT2D eigenvalue weighted by molar-refractivity contribution is 5.88. The Morgan fingerprint density at radius 2 is 1.92 bits per heavy atom. The molecule has 6 rings (SSSR count). The van der Waals surface area contributed by atoms with E-state index in [0.29, 0.717) is 13.0 Å². The van der Waals surface area contributed by atoms with Gasteiger partial charge in [-0.25, -0.2) is 4.79 Å². The Morgan fingerprint density at radius 1 is 1.15 bits per heavy atom. The third-order valence-electron chi connectivity index (χ3n) is 8.68. The van der Waals surface area contributed by atoms with Crippen molar-refractivity contribution in [2.45, 2.75) is 71.1 Å². The second-order valence-electron chi connectivity index (χ2n) is 10.5. The van der Waals surface area contributed by atoms with Crippen molar-refractivity contribution in [3.63, 3.8) is 0 Å². The fraction of sp³-hybridized carbons (Fsp3) is 0.900. The Labute approximate surface area is 152 Å². The van der Waals surface area contributed by atoms with Gasteiger partial charge in [0.25, 0.3) is 0 Å². The molecule has 6 nitrogen and oxygen atoms in total. The molecular weight excluding hydrogens is 336 g/mol. The van der Waals surface area contributed by atoms with Gasteiger partial charge in [0.2, 0.25) is 6.29 Å². The number of ether oxygens (including phenoxy) is 4. The molecule has 0 radical (unpaired) electrons. The summed E-state index contributed by atoms with van der Waals surface area (Å²) in [5.41, 5.74) is -2.05. The number of fused-ring (bicyclic) bond motifs is 1. The number of carbonyl (C=O) groups excluding carboxylic acids is 2. The van der Waals surface area contributed by atoms with E-state index in [4.69, 9.17) is 18.9 Å². The normalized spacial score (nSPS) is 59.1. The van der Waals surface area contributed by atoms with Crippen LogP contribution in [0.25, 0.3) is 0 Å². The highest BCUT2D eigenvalue weighted by Crippen LogP contribution is 2.83. The molecule has 4 saturated heterocycles. The van der Waals surface area contributed by atoms with E-state index >= 15 is 0 Å². The van der Waals surface area contributed by atoms with Gasteiger partial charge >= 0.3 is 11.9 Å². The minimum atomic E-state index is -1.01. The summed E-state index contributed by atoms with van der Waals surface area (Å²) >= 11 is 0. The maximum Gasteiger partial charge on any atom is 0.340 e. The van der Waals surface area contributed by atoms with Crippen molar-refractivity contribution < 1.29 is 28.5 Å². The van der Waals surface area contributed by atoms with Gasteiger partial charge in [0.1, 0.15) is 6.10 Å². The summed E-state index contributed by atoms with van der Waals surface area (Å²) in [6.07, 6.45) is 1.00. The molecule has 0 aromatic carbocycles. The zero-order chi connectivity index (χ0) is 18.3. The minimum absolute atomic E-state index is 0.00703. The summed E-state index contributed by atoms with van der Waals surface area (Å²) in [7, 11) is 0. The van der Waals surface area contributed by atoms with Crippen LogP contribution in [0, 0.1) is 34.0 Å². The molecule has 6 aliphatic rings. The van der Waals surface area contributed by atoms with Gasteiger partial charge in [-0.1, -0.05) is 27.7 Å². The molecule has 6 unspecified atom stereocenters. The standard InChI is InChI=1S/C20H26O6/c1-9-8-23-10-6-19-12-5-11(17(2,3)4)18(19)7-13(21)25-16(18)26-20(19,14(9)10)15(22)24-12/h9-12,14,16H,5-8H2,1-4H3/t9-,10?,11+,12?,14?,16+,18?,19?,20?/m1/s1. The third kappa shape index (κ3) is 1.27. The minimum Gasteiger partial charge on any atom is -0.459 e. The zero-order valence-corrected chi connectivity index (χ0v) is 15.7. The second kappa shape index (κ2) is 4.14. The van der Waals surface area contributed by atoms with Crippen molar-refractivity contribution in [3.05, 3.63) is 0 Å². The average molecular weight is 362 g/mol. The van der Waals surface area contributed by atoms with Crippen molar-refractivity contribution in [2.24, 2.45) is 34.0 Å². The van der Waals surface area contributed by atoms with Gasteiger partial charge in [-0.3, -0.25) is 4.79 Å². The Balaban J connectivity index is 1.63. The monoisotopic (exact) mass is 362 g/mol. The molecule has 26 heavy (non-hydrogen) atoms. The second-order valence-corrected chi connectivity index (χ2v) is 10.5. The van der Waals surface area contributed by atoms with E-state index in [0.717, 1.165) is 12.8 Å². The van der Waals surface area contributed by atoms with E-state index < -0.39 is 22.7 Å². The van der Waals surface area contributed by atoms with Crippen LogP contribution in [0.1, 0.15) is 47.0 Å². The molecular formula is C20H26O6. The van der Waals surface area contributed by atoms with Crippen LogP contribution in [0.5, 0.6) is 0 Å². The highest BCUT2D eigenvalue weighted by atomic mass is 16.7. The SMILES string of the molecule is C[C@@H]1COC2CC34C5C[C@@H](C(C)(C)C)C36CC(=O)O[C@H]6OC4(C(=O)O5)C21. The fourth-order valence-corrected chi connectivity index (χ4v) is 8.19. The largest absolute Gasteiger partial charge is 0.459 e. The Morgan fingerprint density at radius 3 is 2.65 bits per heavy atom. The van der Waals surface area contributed by atoms with Gasteiger partial charge in [-0.05, 0) is 30.1 Å².